The van der Waals surface area contributed by atoms with Gasteiger partial charge in [-0.1, -0.05) is 30.3 Å². The van der Waals surface area contributed by atoms with Crippen LogP contribution < -0.4 is 5.73 Å². The van der Waals surface area contributed by atoms with E-state index in [-0.39, 0.29) is 42.8 Å². The molecule has 4 rings (SSSR count). The molecule has 0 aliphatic carbocycles. The van der Waals surface area contributed by atoms with Gasteiger partial charge in [-0.3, -0.25) is 4.79 Å². The third kappa shape index (κ3) is 5.03. The van der Waals surface area contributed by atoms with E-state index in [0.29, 0.717) is 11.5 Å². The molecule has 1 aliphatic heterocycles. The fourth-order valence-corrected chi connectivity index (χ4v) is 4.13. The number of rotatable bonds is 4. The third-order valence-electron chi connectivity index (χ3n) is 5.93. The van der Waals surface area contributed by atoms with Crippen molar-refractivity contribution in [2.45, 2.75) is 45.7 Å². The van der Waals surface area contributed by atoms with Gasteiger partial charge >= 0.3 is 0 Å². The molecule has 1 aliphatic rings. The molecule has 8 heteroatoms. The highest BCUT2D eigenvalue weighted by Gasteiger charge is 2.27. The quantitative estimate of drug-likeness (QED) is 0.606. The lowest BCUT2D eigenvalue weighted by Gasteiger charge is -2.34. The van der Waals surface area contributed by atoms with Gasteiger partial charge in [0.15, 0.2) is 5.65 Å². The van der Waals surface area contributed by atoms with Crippen LogP contribution in [0.15, 0.2) is 42.6 Å². The van der Waals surface area contributed by atoms with Crippen LogP contribution in [0.2, 0.25) is 0 Å². The molecule has 6 nitrogen and oxygen atoms in total. The second kappa shape index (κ2) is 10.4. The van der Waals surface area contributed by atoms with E-state index in [4.69, 9.17) is 10.7 Å². The summed E-state index contributed by atoms with van der Waals surface area (Å²) in [5.41, 5.74) is 9.30. The lowest BCUT2D eigenvalue weighted by Crippen LogP contribution is -2.42. The summed E-state index contributed by atoms with van der Waals surface area (Å²) in [5.74, 6) is 0.543. The number of carbonyl (C=O) groups is 1. The van der Waals surface area contributed by atoms with Gasteiger partial charge in [0.05, 0.1) is 22.8 Å². The molecule has 0 spiro atoms. The summed E-state index contributed by atoms with van der Waals surface area (Å²) in [5, 5.41) is 5.34. The van der Waals surface area contributed by atoms with E-state index in [1.165, 1.54) is 0 Å². The summed E-state index contributed by atoms with van der Waals surface area (Å²) in [6, 6.07) is 12.3. The smallest absolute Gasteiger partial charge is 0.254 e. The Balaban J connectivity index is 0.00000171. The van der Waals surface area contributed by atoms with Crippen LogP contribution in [-0.4, -0.2) is 44.7 Å². The molecule has 0 saturated carbocycles. The summed E-state index contributed by atoms with van der Waals surface area (Å²) in [6.07, 6.45) is 3.68. The zero-order chi connectivity index (χ0) is 20.5. The number of piperidine rings is 1. The minimum atomic E-state index is 0. The molecule has 1 aromatic carbocycles. The normalized spacial score (nSPS) is 15.5. The number of nitrogens with two attached hydrogens (primary N) is 1. The summed E-state index contributed by atoms with van der Waals surface area (Å²) in [7, 11) is 0. The number of hydrogen-bond donors (Lipinski definition) is 1. The fraction of sp³-hybridized carbons (Fsp3) is 0.435. The van der Waals surface area contributed by atoms with Gasteiger partial charge < -0.3 is 10.6 Å². The maximum absolute atomic E-state index is 13.5. The Labute approximate surface area is 196 Å². The SMILES string of the molecule is CC(N)C1CCN(C(=O)c2cc(-c3ccccc3)nc3c2cnn3C(C)C)CC1.Cl.Cl. The van der Waals surface area contributed by atoms with Crippen LogP contribution >= 0.6 is 24.8 Å². The molecule has 1 unspecified atom stereocenters. The molecular formula is C23H31Cl2N5O. The van der Waals surface area contributed by atoms with Gasteiger partial charge in [-0.25, -0.2) is 9.67 Å². The van der Waals surface area contributed by atoms with Crippen LogP contribution in [0.4, 0.5) is 0 Å². The number of likely N-dealkylation sites (tertiary alicyclic amines) is 1. The molecule has 1 atom stereocenters. The number of amides is 1. The zero-order valence-electron chi connectivity index (χ0n) is 18.2. The van der Waals surface area contributed by atoms with E-state index in [1.54, 1.807) is 6.20 Å². The van der Waals surface area contributed by atoms with Crippen molar-refractivity contribution in [2.75, 3.05) is 13.1 Å². The summed E-state index contributed by atoms with van der Waals surface area (Å²) in [6.45, 7) is 7.69. The number of pyridine rings is 1. The van der Waals surface area contributed by atoms with Crippen molar-refractivity contribution in [2.24, 2.45) is 11.7 Å². The predicted molar refractivity (Wildman–Crippen MR) is 130 cm³/mol. The van der Waals surface area contributed by atoms with Gasteiger partial charge in [-0.2, -0.15) is 5.10 Å². The zero-order valence-corrected chi connectivity index (χ0v) is 19.8. The highest BCUT2D eigenvalue weighted by molar-refractivity contribution is 6.06. The monoisotopic (exact) mass is 463 g/mol. The average Bonchev–Trinajstić information content (AvgIpc) is 3.17. The van der Waals surface area contributed by atoms with Gasteiger partial charge in [0.25, 0.3) is 5.91 Å². The first-order chi connectivity index (χ1) is 14.0. The molecule has 0 radical (unpaired) electrons. The standard InChI is InChI=1S/C23H29N5O.2ClH/c1-15(2)28-22-20(14-25-28)19(13-21(26-22)18-7-5-4-6-8-18)23(29)27-11-9-17(10-12-27)16(3)24;;/h4-8,13-17H,9-12,24H2,1-3H3;2*1H. The second-order valence-corrected chi connectivity index (χ2v) is 8.33. The largest absolute Gasteiger partial charge is 0.339 e. The Kier molecular flexibility index (Phi) is 8.46. The van der Waals surface area contributed by atoms with Crippen molar-refractivity contribution >= 4 is 41.8 Å². The predicted octanol–water partition coefficient (Wildman–Crippen LogP) is 4.72. The highest BCUT2D eigenvalue weighted by atomic mass is 35.5. The Morgan fingerprint density at radius 2 is 1.74 bits per heavy atom. The molecule has 2 N–H and O–H groups in total. The third-order valence-corrected chi connectivity index (χ3v) is 5.93. The molecule has 0 bridgehead atoms. The Hall–Kier alpha value is -2.15. The fourth-order valence-electron chi connectivity index (χ4n) is 4.13. The molecule has 168 valence electrons. The van der Waals surface area contributed by atoms with E-state index in [2.05, 4.69) is 25.9 Å². The number of halogens is 2. The van der Waals surface area contributed by atoms with Crippen molar-refractivity contribution in [1.82, 2.24) is 19.7 Å². The molecule has 1 fully saturated rings. The number of aromatic nitrogens is 3. The lowest BCUT2D eigenvalue weighted by molar-refractivity contribution is 0.0683. The molecule has 1 amide bonds. The van der Waals surface area contributed by atoms with Gasteiger partial charge in [-0.15, -0.1) is 24.8 Å². The van der Waals surface area contributed by atoms with Gasteiger partial charge in [0, 0.05) is 30.7 Å². The number of nitrogens with zero attached hydrogens (tertiary/aromatic N) is 4. The Morgan fingerprint density at radius 1 is 1.10 bits per heavy atom. The topological polar surface area (TPSA) is 77.0 Å². The van der Waals surface area contributed by atoms with Crippen LogP contribution in [0.5, 0.6) is 0 Å². The van der Waals surface area contributed by atoms with E-state index in [0.717, 1.165) is 48.2 Å². The van der Waals surface area contributed by atoms with Crippen LogP contribution in [-0.2, 0) is 0 Å². The van der Waals surface area contributed by atoms with Crippen LogP contribution in [0, 0.1) is 5.92 Å². The van der Waals surface area contributed by atoms with Crippen LogP contribution in [0.25, 0.3) is 22.3 Å². The Morgan fingerprint density at radius 3 is 2.32 bits per heavy atom. The minimum absolute atomic E-state index is 0. The summed E-state index contributed by atoms with van der Waals surface area (Å²) >= 11 is 0. The molecular weight excluding hydrogens is 433 g/mol. The van der Waals surface area contributed by atoms with E-state index < -0.39 is 0 Å². The molecule has 2 aromatic heterocycles. The first-order valence-electron chi connectivity index (χ1n) is 10.4. The first-order valence-corrected chi connectivity index (χ1v) is 10.4. The Bertz CT molecular complexity index is 1010. The average molecular weight is 464 g/mol. The molecule has 1 saturated heterocycles. The van der Waals surface area contributed by atoms with Crippen LogP contribution in [0.1, 0.15) is 50.0 Å². The van der Waals surface area contributed by atoms with Crippen molar-refractivity contribution in [3.8, 4) is 11.3 Å². The lowest BCUT2D eigenvalue weighted by atomic mass is 9.90. The number of benzene rings is 1. The van der Waals surface area contributed by atoms with Gasteiger partial charge in [0.1, 0.15) is 0 Å². The minimum Gasteiger partial charge on any atom is -0.339 e. The maximum atomic E-state index is 13.5. The van der Waals surface area contributed by atoms with E-state index in [1.807, 2.05) is 46.0 Å². The van der Waals surface area contributed by atoms with E-state index >= 15 is 0 Å². The van der Waals surface area contributed by atoms with Gasteiger partial charge in [-0.05, 0) is 45.6 Å². The molecule has 3 aromatic rings. The number of fused-ring (bicyclic) bond motifs is 1. The molecule has 31 heavy (non-hydrogen) atoms. The highest BCUT2D eigenvalue weighted by Crippen LogP contribution is 2.28. The van der Waals surface area contributed by atoms with Crippen molar-refractivity contribution in [1.29, 1.82) is 0 Å². The maximum Gasteiger partial charge on any atom is 0.254 e. The summed E-state index contributed by atoms with van der Waals surface area (Å²) in [4.78, 5) is 20.3. The van der Waals surface area contributed by atoms with Crippen molar-refractivity contribution in [3.63, 3.8) is 0 Å². The van der Waals surface area contributed by atoms with E-state index in [9.17, 15) is 4.79 Å². The summed E-state index contributed by atoms with van der Waals surface area (Å²) < 4.78 is 1.89. The first kappa shape index (κ1) is 25.1. The number of carbonyl (C=O) groups excluding carboxylic acids is 1. The second-order valence-electron chi connectivity index (χ2n) is 8.33. The van der Waals surface area contributed by atoms with Crippen molar-refractivity contribution < 1.29 is 4.79 Å². The van der Waals surface area contributed by atoms with Gasteiger partial charge in [0.2, 0.25) is 0 Å². The van der Waals surface area contributed by atoms with Crippen LogP contribution in [0.3, 0.4) is 0 Å². The molecule has 3 heterocycles. The number of hydrogen-bond acceptors (Lipinski definition) is 4. The van der Waals surface area contributed by atoms with Crippen molar-refractivity contribution in [3.05, 3.63) is 48.2 Å².